The summed E-state index contributed by atoms with van der Waals surface area (Å²) < 4.78 is 0. The van der Waals surface area contributed by atoms with Gasteiger partial charge in [-0.15, -0.1) is 0 Å². The number of hydrogen-bond donors (Lipinski definition) is 1. The van der Waals surface area contributed by atoms with Gasteiger partial charge in [-0.25, -0.2) is 0 Å². The predicted molar refractivity (Wildman–Crippen MR) is 51.6 cm³/mol. The Bertz CT molecular complexity index is 470. The first-order valence-electron chi connectivity index (χ1n) is 4.23. The summed E-state index contributed by atoms with van der Waals surface area (Å²) in [7, 11) is 0. The highest BCUT2D eigenvalue weighted by Crippen LogP contribution is 2.37. The fourth-order valence-corrected chi connectivity index (χ4v) is 1.47. The molecule has 92 valence electrons. The Labute approximate surface area is 93.3 Å². The van der Waals surface area contributed by atoms with Crippen molar-refractivity contribution >= 4 is 0 Å². The van der Waals surface area contributed by atoms with Gasteiger partial charge >= 0.3 is 17.0 Å². The predicted octanol–water partition coefficient (Wildman–Crippen LogP) is -0.283. The van der Waals surface area contributed by atoms with Crippen LogP contribution in [-0.4, -0.2) is 31.1 Å². The Morgan fingerprint density at radius 1 is 1.18 bits per heavy atom. The number of rotatable bonds is 3. The van der Waals surface area contributed by atoms with Crippen LogP contribution in [0.1, 0.15) is 6.92 Å². The van der Waals surface area contributed by atoms with E-state index < -0.39 is 31.7 Å². The lowest BCUT2D eigenvalue weighted by Crippen LogP contribution is -2.63. The maximum atomic E-state index is 10.8. The molecule has 17 heavy (non-hydrogen) atoms. The third-order valence-corrected chi connectivity index (χ3v) is 2.58. The molecule has 0 amide bonds. The first kappa shape index (κ1) is 12.7. The van der Waals surface area contributed by atoms with Crippen molar-refractivity contribution in [3.05, 3.63) is 54.3 Å². The van der Waals surface area contributed by atoms with Gasteiger partial charge in [-0.1, -0.05) is 6.08 Å². The molecule has 2 unspecified atom stereocenters. The van der Waals surface area contributed by atoms with E-state index in [0.29, 0.717) is 6.08 Å². The Balaban J connectivity index is 3.55. The van der Waals surface area contributed by atoms with Crippen molar-refractivity contribution < 1.29 is 19.9 Å². The normalized spacial score (nSPS) is 31.8. The minimum Gasteiger partial charge on any atom is -0.316 e. The van der Waals surface area contributed by atoms with Crippen molar-refractivity contribution in [3.63, 3.8) is 0 Å². The molecule has 0 bridgehead atoms. The molecule has 0 radical (unpaired) electrons. The monoisotopic (exact) mass is 245 g/mol. The van der Waals surface area contributed by atoms with Crippen molar-refractivity contribution in [2.24, 2.45) is 0 Å². The molecule has 1 rings (SSSR count). The third kappa shape index (κ3) is 1.45. The van der Waals surface area contributed by atoms with E-state index >= 15 is 0 Å². The average molecular weight is 245 g/mol. The minimum absolute atomic E-state index is 0.661. The standard InChI is InChI=1S/C7H7N3O7/c1-6(9(14)15)4-2-3-5(8(12)13)7(6,11)10(16)17/h2-4,11H,1H3. The van der Waals surface area contributed by atoms with Gasteiger partial charge in [-0.05, 0) is 0 Å². The highest BCUT2D eigenvalue weighted by atomic mass is 16.7. The van der Waals surface area contributed by atoms with Crippen LogP contribution in [0.15, 0.2) is 23.9 Å². The molecule has 0 aliphatic heterocycles. The second-order valence-electron chi connectivity index (χ2n) is 3.50. The summed E-state index contributed by atoms with van der Waals surface area (Å²) in [6, 6.07) is 0. The molecule has 0 aromatic rings. The van der Waals surface area contributed by atoms with E-state index in [9.17, 15) is 35.4 Å². The number of nitro groups is 3. The zero-order valence-electron chi connectivity index (χ0n) is 8.47. The largest absolute Gasteiger partial charge is 0.485 e. The van der Waals surface area contributed by atoms with Crippen LogP contribution in [0, 0.1) is 30.3 Å². The number of aliphatic hydroxyl groups is 1. The van der Waals surface area contributed by atoms with Crippen LogP contribution < -0.4 is 0 Å². The molecule has 1 aliphatic rings. The molecule has 0 aromatic heterocycles. The first-order valence-corrected chi connectivity index (χ1v) is 4.23. The maximum Gasteiger partial charge on any atom is 0.485 e. The van der Waals surface area contributed by atoms with Gasteiger partial charge in [0.25, 0.3) is 0 Å². The zero-order chi connectivity index (χ0) is 13.4. The number of nitrogens with zero attached hydrogens (tertiary/aromatic N) is 3. The van der Waals surface area contributed by atoms with Crippen LogP contribution in [0.3, 0.4) is 0 Å². The lowest BCUT2D eigenvalue weighted by Gasteiger charge is -2.27. The summed E-state index contributed by atoms with van der Waals surface area (Å²) in [6.07, 6.45) is 2.33. The fraction of sp³-hybridized carbons (Fsp3) is 0.429. The Kier molecular flexibility index (Phi) is 2.68. The van der Waals surface area contributed by atoms with Gasteiger partial charge < -0.3 is 5.11 Å². The number of allylic oxidation sites excluding steroid dienone is 2. The van der Waals surface area contributed by atoms with E-state index in [1.54, 1.807) is 0 Å². The smallest absolute Gasteiger partial charge is 0.316 e. The molecule has 2 atom stereocenters. The van der Waals surface area contributed by atoms with Crippen LogP contribution in [0.4, 0.5) is 0 Å². The number of hydrogen-bond acceptors (Lipinski definition) is 7. The summed E-state index contributed by atoms with van der Waals surface area (Å²) in [6.45, 7) is 0.739. The minimum atomic E-state index is -3.41. The molecule has 1 N–H and O–H groups in total. The lowest BCUT2D eigenvalue weighted by atomic mass is 9.83. The van der Waals surface area contributed by atoms with E-state index in [-0.39, 0.29) is 0 Å². The molecule has 0 saturated carbocycles. The Morgan fingerprint density at radius 2 is 1.71 bits per heavy atom. The van der Waals surface area contributed by atoms with Crippen LogP contribution in [-0.2, 0) is 0 Å². The van der Waals surface area contributed by atoms with Crippen LogP contribution in [0.5, 0.6) is 0 Å². The van der Waals surface area contributed by atoms with Crippen LogP contribution >= 0.6 is 0 Å². The molecular weight excluding hydrogens is 238 g/mol. The Morgan fingerprint density at radius 3 is 2.06 bits per heavy atom. The molecule has 10 nitrogen and oxygen atoms in total. The summed E-state index contributed by atoms with van der Waals surface area (Å²) in [5.41, 5.74) is -7.26. The molecule has 10 heteroatoms. The summed E-state index contributed by atoms with van der Waals surface area (Å²) in [5, 5.41) is 42.0. The van der Waals surface area contributed by atoms with Gasteiger partial charge in [0, 0.05) is 24.0 Å². The molecule has 0 fully saturated rings. The molecular formula is C7H7N3O7. The third-order valence-electron chi connectivity index (χ3n) is 2.58. The topological polar surface area (TPSA) is 150 Å². The van der Waals surface area contributed by atoms with Crippen molar-refractivity contribution in [2.75, 3.05) is 0 Å². The van der Waals surface area contributed by atoms with Crippen LogP contribution in [0.2, 0.25) is 0 Å². The first-order chi connectivity index (χ1) is 7.68. The lowest BCUT2D eigenvalue weighted by molar-refractivity contribution is -0.722. The van der Waals surface area contributed by atoms with Gasteiger partial charge in [-0.3, -0.25) is 30.3 Å². The van der Waals surface area contributed by atoms with E-state index in [1.165, 1.54) is 0 Å². The average Bonchev–Trinajstić information content (AvgIpc) is 2.20. The van der Waals surface area contributed by atoms with Gasteiger partial charge in [0.1, 0.15) is 0 Å². The van der Waals surface area contributed by atoms with Crippen molar-refractivity contribution in [3.8, 4) is 0 Å². The second kappa shape index (κ2) is 3.59. The SMILES string of the molecule is CC1([N+](=O)[O-])C=CC=C([N+](=O)[O-])C1(O)[N+](=O)[O-]. The highest BCUT2D eigenvalue weighted by Gasteiger charge is 2.75. The summed E-state index contributed by atoms with van der Waals surface area (Å²) >= 11 is 0. The van der Waals surface area contributed by atoms with E-state index in [0.717, 1.165) is 19.1 Å². The van der Waals surface area contributed by atoms with E-state index in [1.807, 2.05) is 0 Å². The van der Waals surface area contributed by atoms with Gasteiger partial charge in [-0.2, -0.15) is 0 Å². The fourth-order valence-electron chi connectivity index (χ4n) is 1.47. The molecule has 0 heterocycles. The highest BCUT2D eigenvalue weighted by molar-refractivity contribution is 5.28. The molecule has 0 aromatic carbocycles. The van der Waals surface area contributed by atoms with Crippen molar-refractivity contribution in [1.29, 1.82) is 0 Å². The van der Waals surface area contributed by atoms with E-state index in [4.69, 9.17) is 0 Å². The van der Waals surface area contributed by atoms with Crippen molar-refractivity contribution in [2.45, 2.75) is 18.2 Å². The molecule has 0 saturated heterocycles. The van der Waals surface area contributed by atoms with E-state index in [2.05, 4.69) is 0 Å². The maximum absolute atomic E-state index is 10.8. The van der Waals surface area contributed by atoms with Crippen molar-refractivity contribution in [1.82, 2.24) is 0 Å². The summed E-state index contributed by atoms with van der Waals surface area (Å²) in [5.74, 6) is 0. The Hall–Kier alpha value is -2.36. The quantitative estimate of drug-likeness (QED) is 0.407. The van der Waals surface area contributed by atoms with Crippen LogP contribution in [0.25, 0.3) is 0 Å². The summed E-state index contributed by atoms with van der Waals surface area (Å²) in [4.78, 5) is 28.4. The van der Waals surface area contributed by atoms with Gasteiger partial charge in [0.05, 0.1) is 9.85 Å². The molecule has 0 spiro atoms. The second-order valence-corrected chi connectivity index (χ2v) is 3.50. The van der Waals surface area contributed by atoms with Gasteiger partial charge in [0.2, 0.25) is 0 Å². The molecule has 1 aliphatic carbocycles. The van der Waals surface area contributed by atoms with Gasteiger partial charge in [0.15, 0.2) is 0 Å². The zero-order valence-corrected chi connectivity index (χ0v) is 8.47.